The first-order chi connectivity index (χ1) is 10.0. The Kier molecular flexibility index (Phi) is 4.60. The van der Waals surface area contributed by atoms with Crippen LogP contribution in [0.1, 0.15) is 28.8 Å². The highest BCUT2D eigenvalue weighted by atomic mass is 35.5. The zero-order valence-corrected chi connectivity index (χ0v) is 12.1. The summed E-state index contributed by atoms with van der Waals surface area (Å²) in [5.41, 5.74) is 0.939. The van der Waals surface area contributed by atoms with Crippen LogP contribution in [0.2, 0.25) is 5.02 Å². The van der Waals surface area contributed by atoms with E-state index in [0.29, 0.717) is 0 Å². The molecule has 2 rings (SSSR count). The first-order valence-corrected chi connectivity index (χ1v) is 6.76. The van der Waals surface area contributed by atoms with E-state index in [1.807, 2.05) is 30.3 Å². The molecule has 2 N–H and O–H groups in total. The molecule has 0 aliphatic heterocycles. The van der Waals surface area contributed by atoms with Gasteiger partial charge in [0.05, 0.1) is 22.2 Å². The van der Waals surface area contributed by atoms with E-state index in [4.69, 9.17) is 16.7 Å². The average Bonchev–Trinajstić information content (AvgIpc) is 2.49. The van der Waals surface area contributed by atoms with E-state index in [1.54, 1.807) is 6.92 Å². The molecule has 0 heterocycles. The van der Waals surface area contributed by atoms with E-state index >= 15 is 0 Å². The first-order valence-electron chi connectivity index (χ1n) is 6.38. The Balaban J connectivity index is 2.26. The third kappa shape index (κ3) is 3.41. The van der Waals surface area contributed by atoms with Gasteiger partial charge in [-0.15, -0.1) is 0 Å². The van der Waals surface area contributed by atoms with Crippen LogP contribution in [0.15, 0.2) is 48.5 Å². The second-order valence-corrected chi connectivity index (χ2v) is 5.00. The predicted molar refractivity (Wildman–Crippen MR) is 81.9 cm³/mol. The molecule has 2 aromatic carbocycles. The molecular formula is C16H14ClNO3. The van der Waals surface area contributed by atoms with Gasteiger partial charge in [0.2, 0.25) is 5.91 Å². The second-order valence-electron chi connectivity index (χ2n) is 4.59. The third-order valence-corrected chi connectivity index (χ3v) is 3.50. The number of hydrogen-bond acceptors (Lipinski definition) is 2. The molecule has 0 spiro atoms. The predicted octanol–water partition coefficient (Wildman–Crippen LogP) is 3.78. The van der Waals surface area contributed by atoms with Gasteiger partial charge < -0.3 is 10.4 Å². The minimum atomic E-state index is -1.14. The van der Waals surface area contributed by atoms with E-state index in [9.17, 15) is 9.59 Å². The topological polar surface area (TPSA) is 66.4 Å². The molecule has 1 atom stereocenters. The number of nitrogens with one attached hydrogen (secondary N) is 1. The highest BCUT2D eigenvalue weighted by Gasteiger charge is 2.20. The van der Waals surface area contributed by atoms with Gasteiger partial charge in [0, 0.05) is 0 Å². The molecule has 5 heteroatoms. The number of amides is 1. The molecule has 0 aliphatic carbocycles. The van der Waals surface area contributed by atoms with Crippen molar-refractivity contribution in [1.29, 1.82) is 0 Å². The number of carbonyl (C=O) groups excluding carboxylic acids is 1. The van der Waals surface area contributed by atoms with Crippen LogP contribution in [0.25, 0.3) is 0 Å². The molecule has 0 saturated carbocycles. The molecule has 0 aliphatic rings. The van der Waals surface area contributed by atoms with Gasteiger partial charge in [0.15, 0.2) is 0 Å². The standard InChI is InChI=1S/C16H14ClNO3/c1-10(11-6-3-2-4-7-11)15(19)18-14-12(16(20)21)8-5-9-13(14)17/h2-10H,1H3,(H,18,19)(H,20,21). The molecular weight excluding hydrogens is 290 g/mol. The number of hydrogen-bond donors (Lipinski definition) is 2. The zero-order valence-electron chi connectivity index (χ0n) is 11.3. The van der Waals surface area contributed by atoms with Gasteiger partial charge in [-0.3, -0.25) is 4.79 Å². The highest BCUT2D eigenvalue weighted by molar-refractivity contribution is 6.34. The fourth-order valence-electron chi connectivity index (χ4n) is 1.95. The highest BCUT2D eigenvalue weighted by Crippen LogP contribution is 2.27. The monoisotopic (exact) mass is 303 g/mol. The molecule has 0 radical (unpaired) electrons. The summed E-state index contributed by atoms with van der Waals surface area (Å²) in [5, 5.41) is 12.0. The summed E-state index contributed by atoms with van der Waals surface area (Å²) < 4.78 is 0. The second kappa shape index (κ2) is 6.41. The zero-order chi connectivity index (χ0) is 15.4. The van der Waals surface area contributed by atoms with Crippen molar-refractivity contribution in [1.82, 2.24) is 0 Å². The largest absolute Gasteiger partial charge is 0.478 e. The maximum atomic E-state index is 12.3. The molecule has 4 nitrogen and oxygen atoms in total. The number of carboxylic acids is 1. The van der Waals surface area contributed by atoms with Crippen molar-refractivity contribution in [3.63, 3.8) is 0 Å². The summed E-state index contributed by atoms with van der Waals surface area (Å²) in [6, 6.07) is 13.7. The molecule has 21 heavy (non-hydrogen) atoms. The Morgan fingerprint density at radius 2 is 1.76 bits per heavy atom. The van der Waals surface area contributed by atoms with Crippen LogP contribution in [-0.2, 0) is 4.79 Å². The Hall–Kier alpha value is -2.33. The summed E-state index contributed by atoms with van der Waals surface area (Å²) in [7, 11) is 0. The molecule has 1 unspecified atom stereocenters. The number of aromatic carboxylic acids is 1. The molecule has 108 valence electrons. The van der Waals surface area contributed by atoms with Crippen LogP contribution in [0.4, 0.5) is 5.69 Å². The van der Waals surface area contributed by atoms with E-state index in [1.165, 1.54) is 18.2 Å². The van der Waals surface area contributed by atoms with Gasteiger partial charge in [-0.05, 0) is 24.6 Å². The normalized spacial score (nSPS) is 11.7. The number of rotatable bonds is 4. The van der Waals surface area contributed by atoms with Crippen molar-refractivity contribution in [2.45, 2.75) is 12.8 Å². The van der Waals surface area contributed by atoms with E-state index in [2.05, 4.69) is 5.32 Å². The van der Waals surface area contributed by atoms with Crippen LogP contribution in [0, 0.1) is 0 Å². The van der Waals surface area contributed by atoms with Gasteiger partial charge in [-0.2, -0.15) is 0 Å². The van der Waals surface area contributed by atoms with Gasteiger partial charge in [0.25, 0.3) is 0 Å². The lowest BCUT2D eigenvalue weighted by Gasteiger charge is -2.15. The molecule has 0 saturated heterocycles. The van der Waals surface area contributed by atoms with Gasteiger partial charge in [0.1, 0.15) is 0 Å². The fraction of sp³-hybridized carbons (Fsp3) is 0.125. The minimum Gasteiger partial charge on any atom is -0.478 e. The summed E-state index contributed by atoms with van der Waals surface area (Å²) in [6.07, 6.45) is 0. The van der Waals surface area contributed by atoms with Gasteiger partial charge in [-0.1, -0.05) is 48.0 Å². The number of anilines is 1. The minimum absolute atomic E-state index is 0.0314. The Bertz CT molecular complexity index is 670. The lowest BCUT2D eigenvalue weighted by molar-refractivity contribution is -0.117. The molecule has 1 amide bonds. The lowest BCUT2D eigenvalue weighted by atomic mass is 10.00. The van der Waals surface area contributed by atoms with E-state index in [-0.39, 0.29) is 22.2 Å². The van der Waals surface area contributed by atoms with Crippen LogP contribution >= 0.6 is 11.6 Å². The quantitative estimate of drug-likeness (QED) is 0.903. The van der Waals surface area contributed by atoms with E-state index in [0.717, 1.165) is 5.56 Å². The van der Waals surface area contributed by atoms with Crippen molar-refractivity contribution >= 4 is 29.2 Å². The van der Waals surface area contributed by atoms with E-state index < -0.39 is 11.9 Å². The molecule has 0 aromatic heterocycles. The average molecular weight is 304 g/mol. The van der Waals surface area contributed by atoms with Crippen molar-refractivity contribution in [3.8, 4) is 0 Å². The Morgan fingerprint density at radius 3 is 2.38 bits per heavy atom. The first kappa shape index (κ1) is 15.1. The summed E-state index contributed by atoms with van der Waals surface area (Å²) in [5.74, 6) is -1.86. The van der Waals surface area contributed by atoms with Crippen molar-refractivity contribution in [2.24, 2.45) is 0 Å². The third-order valence-electron chi connectivity index (χ3n) is 3.19. The number of benzene rings is 2. The summed E-state index contributed by atoms with van der Waals surface area (Å²) in [6.45, 7) is 1.75. The number of para-hydroxylation sites is 1. The van der Waals surface area contributed by atoms with Gasteiger partial charge >= 0.3 is 5.97 Å². The number of carboxylic acid groups (broad SMARTS) is 1. The summed E-state index contributed by atoms with van der Waals surface area (Å²) >= 11 is 5.99. The lowest BCUT2D eigenvalue weighted by Crippen LogP contribution is -2.20. The Morgan fingerprint density at radius 1 is 1.10 bits per heavy atom. The van der Waals surface area contributed by atoms with Gasteiger partial charge in [-0.25, -0.2) is 4.79 Å². The fourth-order valence-corrected chi connectivity index (χ4v) is 2.18. The van der Waals surface area contributed by atoms with Crippen molar-refractivity contribution in [2.75, 3.05) is 5.32 Å². The smallest absolute Gasteiger partial charge is 0.337 e. The summed E-state index contributed by atoms with van der Waals surface area (Å²) in [4.78, 5) is 23.5. The number of carbonyl (C=O) groups is 2. The van der Waals surface area contributed by atoms with Crippen LogP contribution in [0.5, 0.6) is 0 Å². The molecule has 2 aromatic rings. The maximum Gasteiger partial charge on any atom is 0.337 e. The molecule has 0 fully saturated rings. The van der Waals surface area contributed by atoms with Crippen LogP contribution < -0.4 is 5.32 Å². The van der Waals surface area contributed by atoms with Crippen LogP contribution in [-0.4, -0.2) is 17.0 Å². The Labute approximate surface area is 127 Å². The SMILES string of the molecule is CC(C(=O)Nc1c(Cl)cccc1C(=O)O)c1ccccc1. The van der Waals surface area contributed by atoms with Crippen molar-refractivity contribution < 1.29 is 14.7 Å². The van der Waals surface area contributed by atoms with Crippen molar-refractivity contribution in [3.05, 3.63) is 64.7 Å². The maximum absolute atomic E-state index is 12.3. The number of halogens is 1. The molecule has 0 bridgehead atoms. The van der Waals surface area contributed by atoms with Crippen LogP contribution in [0.3, 0.4) is 0 Å².